The first-order valence-corrected chi connectivity index (χ1v) is 19.3. The van der Waals surface area contributed by atoms with E-state index in [1.54, 1.807) is 47.9 Å². The monoisotopic (exact) mass is 931 g/mol. The molecule has 1 aliphatic heterocycles. The fourth-order valence-corrected chi connectivity index (χ4v) is 7.82. The maximum absolute atomic E-state index is 14.6. The molecule has 1 fully saturated rings. The normalized spacial score (nSPS) is 14.0. The average Bonchev–Trinajstić information content (AvgIpc) is 3.19. The van der Waals surface area contributed by atoms with Gasteiger partial charge in [0.25, 0.3) is 0 Å². The third-order valence-electron chi connectivity index (χ3n) is 10.1. The van der Waals surface area contributed by atoms with E-state index >= 15 is 0 Å². The summed E-state index contributed by atoms with van der Waals surface area (Å²) in [6.45, 7) is 4.75. The summed E-state index contributed by atoms with van der Waals surface area (Å²) in [6, 6.07) is 22.9. The van der Waals surface area contributed by atoms with Crippen LogP contribution in [0, 0.1) is 11.6 Å². The van der Waals surface area contributed by atoms with Crippen LogP contribution in [0.15, 0.2) is 91.0 Å². The Morgan fingerprint density at radius 3 is 2.11 bits per heavy atom. The van der Waals surface area contributed by atoms with Crippen LogP contribution < -0.4 is 4.90 Å². The molecule has 0 aromatic heterocycles. The fraction of sp³-hybridized carbons (Fsp3) is 0.333. The van der Waals surface area contributed by atoms with E-state index in [4.69, 9.17) is 4.74 Å². The Bertz CT molecular complexity index is 2000. The summed E-state index contributed by atoms with van der Waals surface area (Å²) < 4.78 is 73.8. The molecule has 1 heterocycles. The van der Waals surface area contributed by atoms with Crippen LogP contribution in [0.25, 0.3) is 11.1 Å². The summed E-state index contributed by atoms with van der Waals surface area (Å²) in [7, 11) is 1.35. The van der Waals surface area contributed by atoms with Crippen molar-refractivity contribution in [1.29, 1.82) is 0 Å². The van der Waals surface area contributed by atoms with Crippen LogP contribution in [0.1, 0.15) is 60.2 Å². The first-order chi connectivity index (χ1) is 26.1. The van der Waals surface area contributed by atoms with Gasteiger partial charge in [0.1, 0.15) is 0 Å². The van der Waals surface area contributed by atoms with Gasteiger partial charge in [0.05, 0.1) is 12.7 Å². The molecule has 0 atom stereocenters. The number of anilines is 1. The van der Waals surface area contributed by atoms with Gasteiger partial charge in [-0.2, -0.15) is 13.2 Å². The molecule has 4 aromatic carbocycles. The predicted octanol–water partition coefficient (Wildman–Crippen LogP) is 8.02. The first-order valence-electron chi connectivity index (χ1n) is 17.8. The molecule has 1 saturated heterocycles. The number of esters is 1. The number of rotatable bonds is 14. The number of nitrogens with zero attached hydrogens (tertiary/aromatic N) is 3. The number of benzene rings is 4. The second-order valence-electron chi connectivity index (χ2n) is 13.9. The number of ether oxygens (including phenoxy) is 1. The summed E-state index contributed by atoms with van der Waals surface area (Å²) in [5, 5.41) is 0. The van der Waals surface area contributed by atoms with Crippen LogP contribution in [-0.2, 0) is 52.8 Å². The summed E-state index contributed by atoms with van der Waals surface area (Å²) >= 11 is 0.990. The number of piperidine rings is 1. The van der Waals surface area contributed by atoms with Gasteiger partial charge in [-0.15, -0.1) is 0 Å². The van der Waals surface area contributed by atoms with Gasteiger partial charge in [-0.1, -0.05) is 0 Å². The topological polar surface area (TPSA) is 70.2 Å². The van der Waals surface area contributed by atoms with E-state index in [0.717, 1.165) is 53.4 Å². The van der Waals surface area contributed by atoms with E-state index in [1.165, 1.54) is 31.4 Å². The maximum atomic E-state index is 14.6. The van der Waals surface area contributed by atoms with E-state index in [2.05, 4.69) is 0 Å². The zero-order valence-corrected chi connectivity index (χ0v) is 33.7. The number of amides is 1. The third kappa shape index (κ3) is 10.0. The Labute approximate surface area is 328 Å². The van der Waals surface area contributed by atoms with Crippen molar-refractivity contribution in [3.8, 4) is 11.1 Å². The van der Waals surface area contributed by atoms with Gasteiger partial charge in [-0.25, -0.2) is 0 Å². The minimum absolute atomic E-state index is 0.132. The van der Waals surface area contributed by atoms with E-state index in [1.807, 2.05) is 29.2 Å². The number of alkyl halides is 3. The number of hydrogen-bond acceptors (Lipinski definition) is 6. The van der Waals surface area contributed by atoms with Crippen LogP contribution in [0.2, 0.25) is 0 Å². The summed E-state index contributed by atoms with van der Waals surface area (Å²) in [4.78, 5) is 45.1. The Hall–Kier alpha value is -4.54. The number of para-hydroxylation sites is 1. The molecular weight excluding hydrogens is 889 g/mol. The molecule has 0 spiro atoms. The van der Waals surface area contributed by atoms with Crippen LogP contribution in [0.4, 0.5) is 27.6 Å². The van der Waals surface area contributed by atoms with Gasteiger partial charge in [-0.3, -0.25) is 0 Å². The molecule has 0 aliphatic carbocycles. The van der Waals surface area contributed by atoms with E-state index in [9.17, 15) is 36.3 Å². The molecule has 13 heteroatoms. The van der Waals surface area contributed by atoms with E-state index in [0.29, 0.717) is 54.7 Å². The average molecular weight is 932 g/mol. The second-order valence-corrected chi connectivity index (χ2v) is 15.6. The van der Waals surface area contributed by atoms with Gasteiger partial charge in [0.15, 0.2) is 0 Å². The number of hydrogen-bond donors (Lipinski definition) is 0. The second kappa shape index (κ2) is 17.9. The summed E-state index contributed by atoms with van der Waals surface area (Å²) in [5.74, 6) is -2.44. The van der Waals surface area contributed by atoms with Crippen molar-refractivity contribution >= 4 is 27.9 Å². The van der Waals surface area contributed by atoms with Crippen LogP contribution in [-0.4, -0.2) is 70.3 Å². The minimum atomic E-state index is -4.44. The predicted molar refractivity (Wildman–Crippen MR) is 197 cm³/mol. The number of methoxy groups -OCH3 is 1. The molecule has 4 aromatic rings. The molecule has 1 aliphatic rings. The number of carbonyl (C=O) groups excluding carboxylic acids is 3. The van der Waals surface area contributed by atoms with Crippen LogP contribution >= 0.6 is 0 Å². The Morgan fingerprint density at radius 2 is 1.51 bits per heavy atom. The molecule has 290 valence electrons. The molecule has 0 N–H and O–H groups in total. The van der Waals surface area contributed by atoms with Crippen molar-refractivity contribution in [2.45, 2.75) is 63.8 Å². The molecular formula is C42H42F5N3O4W. The molecule has 0 radical (unpaired) electrons. The van der Waals surface area contributed by atoms with Crippen molar-refractivity contribution in [3.05, 3.63) is 125 Å². The van der Waals surface area contributed by atoms with Gasteiger partial charge in [-0.05, 0) is 12.1 Å². The van der Waals surface area contributed by atoms with Crippen molar-refractivity contribution in [1.82, 2.24) is 9.80 Å². The number of likely N-dealkylation sites (tertiary alicyclic amines) is 1. The van der Waals surface area contributed by atoms with Gasteiger partial charge in [0, 0.05) is 0 Å². The molecule has 0 unspecified atom stereocenters. The molecule has 5 rings (SSSR count). The Kier molecular flexibility index (Phi) is 13.6. The van der Waals surface area contributed by atoms with Crippen molar-refractivity contribution in [3.63, 3.8) is 0 Å². The van der Waals surface area contributed by atoms with Crippen molar-refractivity contribution in [2.24, 2.45) is 0 Å². The molecule has 0 saturated carbocycles. The summed E-state index contributed by atoms with van der Waals surface area (Å²) in [5.41, 5.74) is 1.63. The number of aldehydes is 1. The summed E-state index contributed by atoms with van der Waals surface area (Å²) in [6.07, 6.45) is -2.11. The van der Waals surface area contributed by atoms with Crippen molar-refractivity contribution in [2.75, 3.05) is 31.6 Å². The molecule has 55 heavy (non-hydrogen) atoms. The van der Waals surface area contributed by atoms with Crippen molar-refractivity contribution < 1.29 is 60.4 Å². The number of carbonyl (C=O) groups is 3. The molecule has 7 nitrogen and oxygen atoms in total. The molecule has 1 amide bonds. The molecule has 0 bridgehead atoms. The fourth-order valence-electron chi connectivity index (χ4n) is 6.87. The number of aryl methyl sites for hydroxylation is 1. The van der Waals surface area contributed by atoms with Gasteiger partial charge < -0.3 is 0 Å². The third-order valence-corrected chi connectivity index (χ3v) is 11.7. The quantitative estimate of drug-likeness (QED) is 0.0726. The standard InChI is InChI=1S/C42H42F5N3O4.W/c1-41(2,40(53)54-3)49-24-21-35(22-25-49)50(26-29-13-15-30(16-14-29)31-17-19-34(20-18-31)42(45,46)47)38(52)27-48(37-12-5-4-8-33(37)28-51)23-7-10-32-9-6-11-36(43)39(32)44;/h4-6,8-9,11-20,28,35H,7,10,21-22,24-27H2,1-3H3;. The van der Waals surface area contributed by atoms with Crippen LogP contribution in [0.5, 0.6) is 0 Å². The Morgan fingerprint density at radius 1 is 0.891 bits per heavy atom. The van der Waals surface area contributed by atoms with E-state index in [-0.39, 0.29) is 43.0 Å². The van der Waals surface area contributed by atoms with Gasteiger partial charge >= 0.3 is 292 Å². The zero-order valence-electron chi connectivity index (χ0n) is 30.7. The van der Waals surface area contributed by atoms with Crippen LogP contribution in [0.3, 0.4) is 0 Å². The zero-order chi connectivity index (χ0) is 39.9. The SMILES string of the molecule is COC(=O)C(C)(C)N1CCC(N(Cc2ccc(-c3ccc(C(F)(F)F)cc3)cc2)C(=O)CN([C](=[W])CCc2cccc(F)c2F)c2ccccc2C=O)CC1. The number of halogens is 5. The first kappa shape index (κ1) is 41.6. The Balaban J connectivity index is 1.43. The van der Waals surface area contributed by atoms with Gasteiger partial charge in [0.2, 0.25) is 0 Å². The van der Waals surface area contributed by atoms with E-state index < -0.39 is 28.9 Å².